The molecule has 3 rings (SSSR count). The molecule has 2 heterocycles. The Kier molecular flexibility index (Phi) is 4.45. The molecule has 0 bridgehead atoms. The number of hydrogen-bond acceptors (Lipinski definition) is 2. The molecule has 2 fully saturated rings. The van der Waals surface area contributed by atoms with Gasteiger partial charge in [-0.1, -0.05) is 18.0 Å². The maximum atomic E-state index is 13.4. The Morgan fingerprint density at radius 1 is 1.38 bits per heavy atom. The Labute approximate surface area is 129 Å². The molecule has 0 spiro atoms. The first-order valence-corrected chi connectivity index (χ1v) is 7.96. The highest BCUT2D eigenvalue weighted by Crippen LogP contribution is 2.30. The van der Waals surface area contributed by atoms with Gasteiger partial charge >= 0.3 is 0 Å². The van der Waals surface area contributed by atoms with Crippen molar-refractivity contribution in [2.75, 3.05) is 13.1 Å². The van der Waals surface area contributed by atoms with Crippen LogP contribution in [-0.2, 0) is 11.3 Å². The molecular weight excluding hydrogens is 291 g/mol. The van der Waals surface area contributed by atoms with Crippen LogP contribution >= 0.6 is 11.6 Å². The van der Waals surface area contributed by atoms with Gasteiger partial charge in [0.25, 0.3) is 0 Å². The molecule has 5 heteroatoms. The van der Waals surface area contributed by atoms with E-state index in [4.69, 9.17) is 11.6 Å². The number of amides is 1. The summed E-state index contributed by atoms with van der Waals surface area (Å²) in [5.74, 6) is 0.264. The second kappa shape index (κ2) is 6.32. The first-order chi connectivity index (χ1) is 10.1. The monoisotopic (exact) mass is 310 g/mol. The van der Waals surface area contributed by atoms with E-state index in [9.17, 15) is 9.18 Å². The van der Waals surface area contributed by atoms with E-state index in [1.165, 1.54) is 18.6 Å². The number of carbonyl (C=O) groups is 1. The molecule has 114 valence electrons. The predicted molar refractivity (Wildman–Crippen MR) is 80.6 cm³/mol. The van der Waals surface area contributed by atoms with Gasteiger partial charge < -0.3 is 5.32 Å². The van der Waals surface area contributed by atoms with E-state index >= 15 is 0 Å². The van der Waals surface area contributed by atoms with Crippen molar-refractivity contribution in [3.8, 4) is 0 Å². The van der Waals surface area contributed by atoms with Crippen LogP contribution in [0.5, 0.6) is 0 Å². The Hall–Kier alpha value is -1.13. The van der Waals surface area contributed by atoms with Crippen molar-refractivity contribution in [3.05, 3.63) is 34.6 Å². The van der Waals surface area contributed by atoms with Crippen molar-refractivity contribution < 1.29 is 9.18 Å². The average Bonchev–Trinajstić information content (AvgIpc) is 2.90. The van der Waals surface area contributed by atoms with Crippen LogP contribution in [0.25, 0.3) is 0 Å². The molecule has 0 aromatic heterocycles. The standard InChI is InChI=1S/C16H20ClFN2O/c17-14-5-4-13(18)7-12(14)10-20-6-2-1-3-15(20)11-8-16(21)19-9-11/h4-5,7,11,15H,1-3,6,8-10H2,(H,19,21)/t11-,15+/m0/s1. The predicted octanol–water partition coefficient (Wildman–Crippen LogP) is 2.97. The maximum Gasteiger partial charge on any atom is 0.220 e. The fourth-order valence-corrected chi connectivity index (χ4v) is 3.71. The van der Waals surface area contributed by atoms with Crippen molar-refractivity contribution in [1.82, 2.24) is 10.2 Å². The number of carbonyl (C=O) groups excluding carboxylic acids is 1. The van der Waals surface area contributed by atoms with Crippen LogP contribution in [0.2, 0.25) is 5.02 Å². The largest absolute Gasteiger partial charge is 0.356 e. The minimum atomic E-state index is -0.249. The molecule has 1 amide bonds. The highest BCUT2D eigenvalue weighted by atomic mass is 35.5. The normalized spacial score (nSPS) is 26.9. The van der Waals surface area contributed by atoms with Gasteiger partial charge in [0.1, 0.15) is 5.82 Å². The summed E-state index contributed by atoms with van der Waals surface area (Å²) in [6.07, 6.45) is 4.06. The van der Waals surface area contributed by atoms with Gasteiger partial charge in [-0.25, -0.2) is 4.39 Å². The Bertz CT molecular complexity index is 537. The molecule has 2 saturated heterocycles. The smallest absolute Gasteiger partial charge is 0.220 e. The summed E-state index contributed by atoms with van der Waals surface area (Å²) in [5.41, 5.74) is 0.834. The van der Waals surface area contributed by atoms with Gasteiger partial charge in [-0.2, -0.15) is 0 Å². The SMILES string of the molecule is O=C1C[C@H]([C@H]2CCCCN2Cc2cc(F)ccc2Cl)CN1. The molecule has 21 heavy (non-hydrogen) atoms. The minimum Gasteiger partial charge on any atom is -0.356 e. The molecule has 1 aromatic rings. The van der Waals surface area contributed by atoms with Gasteiger partial charge in [0.05, 0.1) is 0 Å². The summed E-state index contributed by atoms with van der Waals surface area (Å²) in [6, 6.07) is 4.91. The van der Waals surface area contributed by atoms with E-state index in [2.05, 4.69) is 10.2 Å². The van der Waals surface area contributed by atoms with E-state index in [-0.39, 0.29) is 11.7 Å². The summed E-state index contributed by atoms with van der Waals surface area (Å²) >= 11 is 6.19. The van der Waals surface area contributed by atoms with Crippen molar-refractivity contribution in [2.45, 2.75) is 38.3 Å². The zero-order valence-electron chi connectivity index (χ0n) is 11.9. The molecule has 0 unspecified atom stereocenters. The molecular formula is C16H20ClFN2O. The quantitative estimate of drug-likeness (QED) is 0.931. The van der Waals surface area contributed by atoms with E-state index in [0.717, 1.165) is 31.5 Å². The third-order valence-corrected chi connectivity index (χ3v) is 4.97. The highest BCUT2D eigenvalue weighted by Gasteiger charge is 2.34. The average molecular weight is 311 g/mol. The Morgan fingerprint density at radius 2 is 2.24 bits per heavy atom. The van der Waals surface area contributed by atoms with E-state index in [1.807, 2.05) is 0 Å². The maximum absolute atomic E-state index is 13.4. The van der Waals surface area contributed by atoms with Crippen LogP contribution in [0, 0.1) is 11.7 Å². The lowest BCUT2D eigenvalue weighted by atomic mass is 9.89. The van der Waals surface area contributed by atoms with Gasteiger partial charge in [-0.05, 0) is 43.1 Å². The summed E-state index contributed by atoms with van der Waals surface area (Å²) in [6.45, 7) is 2.41. The van der Waals surface area contributed by atoms with Gasteiger partial charge in [-0.3, -0.25) is 9.69 Å². The first kappa shape index (κ1) is 14.8. The first-order valence-electron chi connectivity index (χ1n) is 7.58. The van der Waals surface area contributed by atoms with Crippen LogP contribution in [0.15, 0.2) is 18.2 Å². The molecule has 3 nitrogen and oxygen atoms in total. The number of likely N-dealkylation sites (tertiary alicyclic amines) is 1. The van der Waals surface area contributed by atoms with E-state index in [1.54, 1.807) is 6.07 Å². The third-order valence-electron chi connectivity index (χ3n) is 4.60. The lowest BCUT2D eigenvalue weighted by molar-refractivity contribution is -0.119. The van der Waals surface area contributed by atoms with Crippen molar-refractivity contribution in [3.63, 3.8) is 0 Å². The molecule has 0 radical (unpaired) electrons. The minimum absolute atomic E-state index is 0.148. The lowest BCUT2D eigenvalue weighted by Crippen LogP contribution is -2.44. The van der Waals surface area contributed by atoms with Crippen LogP contribution in [0.3, 0.4) is 0 Å². The van der Waals surface area contributed by atoms with Crippen LogP contribution in [0.4, 0.5) is 4.39 Å². The van der Waals surface area contributed by atoms with Crippen LogP contribution < -0.4 is 5.32 Å². The second-order valence-electron chi connectivity index (χ2n) is 6.04. The summed E-state index contributed by atoms with van der Waals surface area (Å²) < 4.78 is 13.4. The number of piperidine rings is 1. The summed E-state index contributed by atoms with van der Waals surface area (Å²) in [7, 11) is 0. The number of halogens is 2. The zero-order chi connectivity index (χ0) is 14.8. The van der Waals surface area contributed by atoms with Crippen molar-refractivity contribution in [1.29, 1.82) is 0 Å². The van der Waals surface area contributed by atoms with Crippen molar-refractivity contribution >= 4 is 17.5 Å². The lowest BCUT2D eigenvalue weighted by Gasteiger charge is -2.39. The Morgan fingerprint density at radius 3 is 3.00 bits per heavy atom. The number of rotatable bonds is 3. The fourth-order valence-electron chi connectivity index (χ4n) is 3.53. The number of nitrogens with zero attached hydrogens (tertiary/aromatic N) is 1. The summed E-state index contributed by atoms with van der Waals surface area (Å²) in [4.78, 5) is 13.8. The van der Waals surface area contributed by atoms with Crippen LogP contribution in [0.1, 0.15) is 31.2 Å². The highest BCUT2D eigenvalue weighted by molar-refractivity contribution is 6.31. The number of nitrogens with one attached hydrogen (secondary N) is 1. The van der Waals surface area contributed by atoms with Crippen LogP contribution in [-0.4, -0.2) is 29.9 Å². The van der Waals surface area contributed by atoms with Crippen molar-refractivity contribution in [2.24, 2.45) is 5.92 Å². The Balaban J connectivity index is 1.75. The van der Waals surface area contributed by atoms with Gasteiger partial charge in [0.15, 0.2) is 0 Å². The molecule has 2 aliphatic rings. The number of benzene rings is 1. The fraction of sp³-hybridized carbons (Fsp3) is 0.562. The van der Waals surface area contributed by atoms with E-state index in [0.29, 0.717) is 29.9 Å². The molecule has 1 N–H and O–H groups in total. The molecule has 2 atom stereocenters. The second-order valence-corrected chi connectivity index (χ2v) is 6.44. The number of hydrogen-bond donors (Lipinski definition) is 1. The topological polar surface area (TPSA) is 32.3 Å². The third kappa shape index (κ3) is 3.38. The summed E-state index contributed by atoms with van der Waals surface area (Å²) in [5, 5.41) is 3.53. The molecule has 0 saturated carbocycles. The molecule has 2 aliphatic heterocycles. The molecule has 1 aromatic carbocycles. The van der Waals surface area contributed by atoms with Gasteiger partial charge in [0.2, 0.25) is 5.91 Å². The van der Waals surface area contributed by atoms with Gasteiger partial charge in [-0.15, -0.1) is 0 Å². The molecule has 0 aliphatic carbocycles. The van der Waals surface area contributed by atoms with E-state index < -0.39 is 0 Å². The zero-order valence-corrected chi connectivity index (χ0v) is 12.7. The van der Waals surface area contributed by atoms with Gasteiger partial charge in [0, 0.05) is 36.5 Å².